The molecule has 0 saturated heterocycles. The van der Waals surface area contributed by atoms with E-state index < -0.39 is 27.4 Å². The molecule has 3 saturated carbocycles. The summed E-state index contributed by atoms with van der Waals surface area (Å²) in [5.41, 5.74) is -2.00. The van der Waals surface area contributed by atoms with Gasteiger partial charge in [-0.15, -0.1) is 11.6 Å². The van der Waals surface area contributed by atoms with Gasteiger partial charge in [-0.25, -0.2) is 0 Å². The molecule has 4 rings (SSSR count). The predicted molar refractivity (Wildman–Crippen MR) is 109 cm³/mol. The topological polar surface area (TPSA) is 83.8 Å². The predicted octanol–water partition coefficient (Wildman–Crippen LogP) is 2.82. The summed E-state index contributed by atoms with van der Waals surface area (Å²) in [6.07, 6.45) is 6.51. The summed E-state index contributed by atoms with van der Waals surface area (Å²) in [7, 11) is 1.45. The maximum atomic E-state index is 13.0. The van der Waals surface area contributed by atoms with E-state index in [9.17, 15) is 19.8 Å². The van der Waals surface area contributed by atoms with E-state index in [1.165, 1.54) is 7.11 Å². The molecule has 0 radical (unpaired) electrons. The molecule has 5 nitrogen and oxygen atoms in total. The average Bonchev–Trinajstić information content (AvgIpc) is 2.85. The number of halogens is 1. The number of alkyl halides is 1. The Kier molecular flexibility index (Phi) is 4.75. The number of ketones is 2. The van der Waals surface area contributed by atoms with E-state index in [0.29, 0.717) is 6.42 Å². The molecule has 0 aliphatic heterocycles. The highest BCUT2D eigenvalue weighted by Crippen LogP contribution is 2.71. The molecule has 0 aromatic rings. The third kappa shape index (κ3) is 2.39. The van der Waals surface area contributed by atoms with Crippen molar-refractivity contribution in [2.45, 2.75) is 63.0 Å². The van der Waals surface area contributed by atoms with Gasteiger partial charge in [0.2, 0.25) is 0 Å². The van der Waals surface area contributed by atoms with Crippen LogP contribution in [0.1, 0.15) is 46.5 Å². The molecular weight excluding hydrogens is 392 g/mol. The molecule has 0 aromatic heterocycles. The number of carbonyl (C=O) groups is 2. The lowest BCUT2D eigenvalue weighted by molar-refractivity contribution is -0.180. The summed E-state index contributed by atoms with van der Waals surface area (Å²) in [4.78, 5) is 23.9. The number of allylic oxidation sites excluding steroid dienone is 4. The molecule has 0 aromatic carbocycles. The molecule has 0 amide bonds. The standard InChI is InChI=1S/C23H31ClO5/c1-13-9-17-16-6-5-14-10-15(25)7-8-20(14,2)22(16,24)18(26)11-21(17,3)23(13,28)19(27)12-29-4/h7-8,10,13,16-18,26,28H,5-6,9,11-12H2,1-4H3. The van der Waals surface area contributed by atoms with Crippen molar-refractivity contribution in [1.82, 2.24) is 0 Å². The van der Waals surface area contributed by atoms with Gasteiger partial charge in [-0.05, 0) is 55.6 Å². The highest BCUT2D eigenvalue weighted by molar-refractivity contribution is 6.26. The molecule has 3 fully saturated rings. The Morgan fingerprint density at radius 3 is 2.69 bits per heavy atom. The summed E-state index contributed by atoms with van der Waals surface area (Å²) in [5, 5.41) is 23.1. The second kappa shape index (κ2) is 6.49. The maximum absolute atomic E-state index is 13.0. The van der Waals surface area contributed by atoms with Crippen LogP contribution in [0.15, 0.2) is 23.8 Å². The van der Waals surface area contributed by atoms with Crippen LogP contribution in [0.25, 0.3) is 0 Å². The number of rotatable bonds is 3. The second-order valence-corrected chi connectivity index (χ2v) is 10.6. The lowest BCUT2D eigenvalue weighted by Crippen LogP contribution is -2.69. The Morgan fingerprint density at radius 2 is 2.03 bits per heavy atom. The van der Waals surface area contributed by atoms with Gasteiger partial charge in [0.05, 0.1) is 11.0 Å². The zero-order chi connectivity index (χ0) is 21.4. The fraction of sp³-hybridized carbons (Fsp3) is 0.739. The minimum Gasteiger partial charge on any atom is -0.391 e. The summed E-state index contributed by atoms with van der Waals surface area (Å²) >= 11 is 7.36. The number of Topliss-reactive ketones (excluding diaryl/α,β-unsaturated/α-hetero) is 1. The van der Waals surface area contributed by atoms with Crippen LogP contribution in [-0.4, -0.2) is 52.1 Å². The van der Waals surface area contributed by atoms with E-state index in [-0.39, 0.29) is 42.3 Å². The van der Waals surface area contributed by atoms with E-state index in [2.05, 4.69) is 0 Å². The van der Waals surface area contributed by atoms with Gasteiger partial charge in [0.1, 0.15) is 12.2 Å². The number of ether oxygens (including phenoxy) is 1. The van der Waals surface area contributed by atoms with E-state index in [1.54, 1.807) is 12.2 Å². The second-order valence-electron chi connectivity index (χ2n) is 10.0. The first-order valence-electron chi connectivity index (χ1n) is 10.5. The Balaban J connectivity index is 1.81. The van der Waals surface area contributed by atoms with Crippen LogP contribution in [0, 0.1) is 28.6 Å². The van der Waals surface area contributed by atoms with Gasteiger partial charge in [-0.1, -0.05) is 32.4 Å². The SMILES string of the molecule is COCC(=O)C1(O)C(C)CC2C3CCC4=CC(=O)C=CC4(C)C3(Cl)C(O)CC21C. The largest absolute Gasteiger partial charge is 0.391 e. The van der Waals surface area contributed by atoms with E-state index in [4.69, 9.17) is 16.3 Å². The number of aliphatic hydroxyl groups is 2. The quantitative estimate of drug-likeness (QED) is 0.683. The van der Waals surface area contributed by atoms with Crippen LogP contribution in [0.2, 0.25) is 0 Å². The fourth-order valence-corrected chi connectivity index (χ4v) is 7.90. The molecule has 4 aliphatic rings. The van der Waals surface area contributed by atoms with Gasteiger partial charge in [-0.3, -0.25) is 9.59 Å². The molecule has 0 heterocycles. The molecule has 0 spiro atoms. The first-order chi connectivity index (χ1) is 13.5. The third-order valence-electron chi connectivity index (χ3n) is 8.92. The Bertz CT molecular complexity index is 820. The minimum atomic E-state index is -1.55. The Morgan fingerprint density at radius 1 is 1.34 bits per heavy atom. The van der Waals surface area contributed by atoms with Crippen LogP contribution >= 0.6 is 11.6 Å². The smallest absolute Gasteiger partial charge is 0.190 e. The number of hydrogen-bond acceptors (Lipinski definition) is 5. The maximum Gasteiger partial charge on any atom is 0.190 e. The van der Waals surface area contributed by atoms with Gasteiger partial charge < -0.3 is 14.9 Å². The number of fused-ring (bicyclic) bond motifs is 5. The normalized spacial score (nSPS) is 51.1. The average molecular weight is 423 g/mol. The number of hydrogen-bond donors (Lipinski definition) is 2. The molecule has 160 valence electrons. The van der Waals surface area contributed by atoms with Crippen molar-refractivity contribution < 1.29 is 24.5 Å². The third-order valence-corrected chi connectivity index (χ3v) is 9.85. The van der Waals surface area contributed by atoms with Gasteiger partial charge in [0.15, 0.2) is 11.6 Å². The summed E-state index contributed by atoms with van der Waals surface area (Å²) in [6.45, 7) is 5.70. The van der Waals surface area contributed by atoms with Crippen LogP contribution in [-0.2, 0) is 14.3 Å². The van der Waals surface area contributed by atoms with Crippen molar-refractivity contribution in [3.63, 3.8) is 0 Å². The van der Waals surface area contributed by atoms with Crippen LogP contribution < -0.4 is 0 Å². The van der Waals surface area contributed by atoms with Crippen molar-refractivity contribution in [3.05, 3.63) is 23.8 Å². The van der Waals surface area contributed by atoms with Crippen LogP contribution in [0.5, 0.6) is 0 Å². The van der Waals surface area contributed by atoms with E-state index in [0.717, 1.165) is 18.4 Å². The Hall–Kier alpha value is -1.01. The molecule has 6 heteroatoms. The van der Waals surface area contributed by atoms with Crippen molar-refractivity contribution in [3.8, 4) is 0 Å². The number of methoxy groups -OCH3 is 1. The van der Waals surface area contributed by atoms with Gasteiger partial charge in [0.25, 0.3) is 0 Å². The van der Waals surface area contributed by atoms with Crippen LogP contribution in [0.4, 0.5) is 0 Å². The van der Waals surface area contributed by atoms with Crippen LogP contribution in [0.3, 0.4) is 0 Å². The summed E-state index contributed by atoms with van der Waals surface area (Å²) in [5.74, 6) is -0.698. The van der Waals surface area contributed by atoms with Crippen molar-refractivity contribution >= 4 is 23.2 Å². The number of carbonyl (C=O) groups excluding carboxylic acids is 2. The Labute approximate surface area is 177 Å². The van der Waals surface area contributed by atoms with Crippen molar-refractivity contribution in [1.29, 1.82) is 0 Å². The molecule has 4 aliphatic carbocycles. The van der Waals surface area contributed by atoms with Crippen molar-refractivity contribution in [2.24, 2.45) is 28.6 Å². The lowest BCUT2D eigenvalue weighted by atomic mass is 9.45. The van der Waals surface area contributed by atoms with E-state index >= 15 is 0 Å². The molecule has 29 heavy (non-hydrogen) atoms. The lowest BCUT2D eigenvalue weighted by Gasteiger charge is -2.63. The zero-order valence-corrected chi connectivity index (χ0v) is 18.3. The fourth-order valence-electron chi connectivity index (χ4n) is 7.38. The van der Waals surface area contributed by atoms with Crippen molar-refractivity contribution in [2.75, 3.05) is 13.7 Å². The molecule has 0 bridgehead atoms. The molecule has 8 atom stereocenters. The first-order valence-corrected chi connectivity index (χ1v) is 10.9. The minimum absolute atomic E-state index is 0.00592. The highest BCUT2D eigenvalue weighted by Gasteiger charge is 2.74. The number of aliphatic hydroxyl groups excluding tert-OH is 1. The summed E-state index contributed by atoms with van der Waals surface area (Å²) in [6, 6.07) is 0. The van der Waals surface area contributed by atoms with Gasteiger partial charge in [-0.2, -0.15) is 0 Å². The van der Waals surface area contributed by atoms with E-state index in [1.807, 2.05) is 26.8 Å². The monoisotopic (exact) mass is 422 g/mol. The molecular formula is C23H31ClO5. The zero-order valence-electron chi connectivity index (χ0n) is 17.6. The molecule has 8 unspecified atom stereocenters. The first kappa shape index (κ1) is 21.2. The molecule has 2 N–H and O–H groups in total. The van der Waals surface area contributed by atoms with Gasteiger partial charge >= 0.3 is 0 Å². The highest BCUT2D eigenvalue weighted by atomic mass is 35.5. The van der Waals surface area contributed by atoms with Gasteiger partial charge in [0, 0.05) is 17.9 Å². The summed E-state index contributed by atoms with van der Waals surface area (Å²) < 4.78 is 5.06.